The number of amides is 1. The number of carbonyl (C=O) groups is 1. The molecule has 0 radical (unpaired) electrons. The van der Waals surface area contributed by atoms with E-state index in [0.717, 1.165) is 10.4 Å². The van der Waals surface area contributed by atoms with E-state index in [2.05, 4.69) is 15.3 Å². The van der Waals surface area contributed by atoms with Crippen LogP contribution in [0.25, 0.3) is 0 Å². The van der Waals surface area contributed by atoms with E-state index in [9.17, 15) is 14.4 Å². The molecule has 2 aromatic heterocycles. The van der Waals surface area contributed by atoms with Crippen molar-refractivity contribution in [2.24, 2.45) is 0 Å². The van der Waals surface area contributed by atoms with E-state index >= 15 is 0 Å². The number of aromatic amines is 2. The zero-order valence-corrected chi connectivity index (χ0v) is 12.7. The summed E-state index contributed by atoms with van der Waals surface area (Å²) in [5.74, 6) is -0.118. The average molecular weight is 307 g/mol. The number of H-pyrrole nitrogens is 2. The first-order chi connectivity index (χ1) is 9.97. The van der Waals surface area contributed by atoms with E-state index in [1.807, 2.05) is 18.4 Å². The van der Waals surface area contributed by atoms with Gasteiger partial charge < -0.3 is 10.3 Å². The fourth-order valence-electron chi connectivity index (χ4n) is 2.02. The van der Waals surface area contributed by atoms with E-state index in [1.165, 1.54) is 0 Å². The molecule has 0 aliphatic rings. The number of hydrogen-bond donors (Lipinski definition) is 3. The molecule has 112 valence electrons. The number of thiophene rings is 1. The number of carbonyl (C=O) groups excluding carboxylic acids is 1. The van der Waals surface area contributed by atoms with Gasteiger partial charge in [0.2, 0.25) is 5.91 Å². The first-order valence-corrected chi connectivity index (χ1v) is 7.47. The highest BCUT2D eigenvalue weighted by Crippen LogP contribution is 2.14. The van der Waals surface area contributed by atoms with Crippen LogP contribution in [-0.4, -0.2) is 15.9 Å². The van der Waals surface area contributed by atoms with Crippen molar-refractivity contribution in [1.82, 2.24) is 15.3 Å². The van der Waals surface area contributed by atoms with E-state index in [4.69, 9.17) is 0 Å². The maximum absolute atomic E-state index is 11.8. The van der Waals surface area contributed by atoms with Crippen LogP contribution in [0.1, 0.15) is 28.1 Å². The third-order valence-electron chi connectivity index (χ3n) is 3.27. The second kappa shape index (κ2) is 6.53. The summed E-state index contributed by atoms with van der Waals surface area (Å²) in [6.45, 7) is 4.16. The summed E-state index contributed by atoms with van der Waals surface area (Å²) in [4.78, 5) is 40.4. The maximum atomic E-state index is 11.8. The zero-order valence-electron chi connectivity index (χ0n) is 11.9. The Morgan fingerprint density at radius 1 is 1.29 bits per heavy atom. The third-order valence-corrected chi connectivity index (χ3v) is 4.29. The Bertz CT molecular complexity index is 757. The number of rotatable bonds is 5. The Kier molecular flexibility index (Phi) is 4.74. The average Bonchev–Trinajstić information content (AvgIpc) is 2.80. The highest BCUT2D eigenvalue weighted by atomic mass is 32.1. The summed E-state index contributed by atoms with van der Waals surface area (Å²) >= 11 is 1.60. The maximum Gasteiger partial charge on any atom is 0.325 e. The number of nitrogens with one attached hydrogen (secondary N) is 3. The van der Waals surface area contributed by atoms with E-state index in [1.54, 1.807) is 18.3 Å². The highest BCUT2D eigenvalue weighted by Gasteiger charge is 2.09. The molecule has 0 aliphatic heterocycles. The lowest BCUT2D eigenvalue weighted by molar-refractivity contribution is -0.121. The minimum absolute atomic E-state index is 0.118. The van der Waals surface area contributed by atoms with Gasteiger partial charge in [-0.25, -0.2) is 4.79 Å². The van der Waals surface area contributed by atoms with Crippen molar-refractivity contribution in [3.8, 4) is 0 Å². The van der Waals surface area contributed by atoms with Crippen molar-refractivity contribution >= 4 is 17.2 Å². The van der Waals surface area contributed by atoms with Gasteiger partial charge in [0.15, 0.2) is 0 Å². The lowest BCUT2D eigenvalue weighted by atomic mass is 10.1. The van der Waals surface area contributed by atoms with Gasteiger partial charge in [-0.05, 0) is 37.3 Å². The van der Waals surface area contributed by atoms with Gasteiger partial charge in [0.1, 0.15) is 0 Å². The molecule has 0 aliphatic carbocycles. The summed E-state index contributed by atoms with van der Waals surface area (Å²) in [6.07, 6.45) is 0.508. The van der Waals surface area contributed by atoms with Crippen LogP contribution in [-0.2, 0) is 17.8 Å². The third kappa shape index (κ3) is 3.91. The number of aromatic nitrogens is 2. The van der Waals surface area contributed by atoms with Crippen LogP contribution in [0.5, 0.6) is 0 Å². The molecule has 1 amide bonds. The number of hydrogen-bond acceptors (Lipinski definition) is 4. The molecule has 0 bridgehead atoms. The van der Waals surface area contributed by atoms with E-state index < -0.39 is 11.2 Å². The Labute approximate surface area is 125 Å². The molecule has 0 aromatic carbocycles. The summed E-state index contributed by atoms with van der Waals surface area (Å²) in [6, 6.07) is 2.01. The molecular weight excluding hydrogens is 290 g/mol. The van der Waals surface area contributed by atoms with Gasteiger partial charge >= 0.3 is 5.69 Å². The SMILES string of the molecule is Cc1ccsc1CNC(=O)CCc1c(C)[nH]c(=O)[nH]c1=O. The fraction of sp³-hybridized carbons (Fsp3) is 0.357. The summed E-state index contributed by atoms with van der Waals surface area (Å²) in [5, 5.41) is 4.82. The van der Waals surface area contributed by atoms with E-state index in [0.29, 0.717) is 24.2 Å². The van der Waals surface area contributed by atoms with Crippen LogP contribution < -0.4 is 16.6 Å². The number of aryl methyl sites for hydroxylation is 2. The van der Waals surface area contributed by atoms with Gasteiger partial charge in [0, 0.05) is 22.6 Å². The predicted molar refractivity (Wildman–Crippen MR) is 81.6 cm³/mol. The molecule has 2 heterocycles. The van der Waals surface area contributed by atoms with Crippen molar-refractivity contribution in [3.05, 3.63) is 54.0 Å². The Hall–Kier alpha value is -2.15. The smallest absolute Gasteiger partial charge is 0.325 e. The summed E-state index contributed by atoms with van der Waals surface area (Å²) in [5.41, 5.74) is 1.15. The lowest BCUT2D eigenvalue weighted by Gasteiger charge is -2.06. The Morgan fingerprint density at radius 2 is 2.05 bits per heavy atom. The van der Waals surface area contributed by atoms with Crippen molar-refractivity contribution in [1.29, 1.82) is 0 Å². The normalized spacial score (nSPS) is 10.6. The topological polar surface area (TPSA) is 94.8 Å². The first-order valence-electron chi connectivity index (χ1n) is 6.59. The quantitative estimate of drug-likeness (QED) is 0.769. The monoisotopic (exact) mass is 307 g/mol. The minimum atomic E-state index is -0.529. The highest BCUT2D eigenvalue weighted by molar-refractivity contribution is 7.10. The molecule has 0 unspecified atom stereocenters. The summed E-state index contributed by atoms with van der Waals surface area (Å²) in [7, 11) is 0. The molecule has 0 spiro atoms. The van der Waals surface area contributed by atoms with Crippen LogP contribution >= 0.6 is 11.3 Å². The largest absolute Gasteiger partial charge is 0.351 e. The van der Waals surface area contributed by atoms with Crippen molar-refractivity contribution in [2.45, 2.75) is 33.2 Å². The summed E-state index contributed by atoms with van der Waals surface area (Å²) < 4.78 is 0. The van der Waals surface area contributed by atoms with Crippen molar-refractivity contribution in [2.75, 3.05) is 0 Å². The molecule has 0 fully saturated rings. The molecule has 6 nitrogen and oxygen atoms in total. The molecule has 7 heteroatoms. The van der Waals surface area contributed by atoms with Gasteiger partial charge in [0.25, 0.3) is 5.56 Å². The molecule has 21 heavy (non-hydrogen) atoms. The van der Waals surface area contributed by atoms with Gasteiger partial charge in [-0.15, -0.1) is 11.3 Å². The first kappa shape index (κ1) is 15.2. The van der Waals surface area contributed by atoms with E-state index in [-0.39, 0.29) is 12.3 Å². The van der Waals surface area contributed by atoms with Gasteiger partial charge in [-0.1, -0.05) is 0 Å². The van der Waals surface area contributed by atoms with Gasteiger partial charge in [-0.2, -0.15) is 0 Å². The van der Waals surface area contributed by atoms with Crippen LogP contribution in [0, 0.1) is 13.8 Å². The molecule has 0 saturated heterocycles. The van der Waals surface area contributed by atoms with Crippen LogP contribution in [0.3, 0.4) is 0 Å². The van der Waals surface area contributed by atoms with Crippen LogP contribution in [0.2, 0.25) is 0 Å². The molecule has 0 atom stereocenters. The molecule has 2 aromatic rings. The fourth-order valence-corrected chi connectivity index (χ4v) is 2.86. The Balaban J connectivity index is 1.91. The second-order valence-corrected chi connectivity index (χ2v) is 5.82. The van der Waals surface area contributed by atoms with Gasteiger partial charge in [0.05, 0.1) is 6.54 Å². The minimum Gasteiger partial charge on any atom is -0.351 e. The molecule has 0 saturated carbocycles. The second-order valence-electron chi connectivity index (χ2n) is 4.82. The van der Waals surface area contributed by atoms with Gasteiger partial charge in [-0.3, -0.25) is 14.6 Å². The van der Waals surface area contributed by atoms with Crippen molar-refractivity contribution in [3.63, 3.8) is 0 Å². The predicted octanol–water partition coefficient (Wildman–Crippen LogP) is 0.991. The lowest BCUT2D eigenvalue weighted by Crippen LogP contribution is -2.29. The Morgan fingerprint density at radius 3 is 2.67 bits per heavy atom. The molecule has 2 rings (SSSR count). The molecular formula is C14H17N3O3S. The zero-order chi connectivity index (χ0) is 15.4. The molecule has 3 N–H and O–H groups in total. The standard InChI is InChI=1S/C14H17N3O3S/c1-8-5-6-21-11(8)7-15-12(18)4-3-10-9(2)16-14(20)17-13(10)19/h5-6H,3-4,7H2,1-2H3,(H,15,18)(H2,16,17,19,20). The van der Waals surface area contributed by atoms with Crippen LogP contribution in [0.15, 0.2) is 21.0 Å². The van der Waals surface area contributed by atoms with Crippen LogP contribution in [0.4, 0.5) is 0 Å². The van der Waals surface area contributed by atoms with Crippen molar-refractivity contribution < 1.29 is 4.79 Å².